The van der Waals surface area contributed by atoms with Crippen LogP contribution in [0.2, 0.25) is 0 Å². The van der Waals surface area contributed by atoms with Gasteiger partial charge in [-0.1, -0.05) is 54.6 Å². The molecule has 0 saturated heterocycles. The van der Waals surface area contributed by atoms with E-state index in [4.69, 9.17) is 14.2 Å². The van der Waals surface area contributed by atoms with Crippen molar-refractivity contribution in [2.75, 3.05) is 13.2 Å². The van der Waals surface area contributed by atoms with Gasteiger partial charge < -0.3 is 19.5 Å². The molecule has 0 fully saturated rings. The summed E-state index contributed by atoms with van der Waals surface area (Å²) in [6.07, 6.45) is 2.43. The number of alkyl carbamates (subject to hydrolysis) is 1. The number of hydrogen-bond donors (Lipinski definition) is 1. The van der Waals surface area contributed by atoms with E-state index in [0.717, 1.165) is 22.3 Å². The van der Waals surface area contributed by atoms with Crippen LogP contribution in [0, 0.1) is 0 Å². The molecule has 1 atom stereocenters. The fourth-order valence-electron chi connectivity index (χ4n) is 4.06. The van der Waals surface area contributed by atoms with E-state index in [0.29, 0.717) is 0 Å². The van der Waals surface area contributed by atoms with E-state index in [1.54, 1.807) is 27.7 Å². The lowest BCUT2D eigenvalue weighted by Gasteiger charge is -2.21. The van der Waals surface area contributed by atoms with Gasteiger partial charge in [0.2, 0.25) is 0 Å². The van der Waals surface area contributed by atoms with Crippen LogP contribution in [0.1, 0.15) is 57.6 Å². The summed E-state index contributed by atoms with van der Waals surface area (Å²) in [6.45, 7) is 7.49. The second-order valence-electron chi connectivity index (χ2n) is 9.31. The molecule has 1 aliphatic rings. The molecular formula is C28H33NO6. The predicted molar refractivity (Wildman–Crippen MR) is 133 cm³/mol. The molecule has 2 aromatic rings. The number of carbonyl (C=O) groups excluding carboxylic acids is 3. The maximum absolute atomic E-state index is 12.7. The predicted octanol–water partition coefficient (Wildman–Crippen LogP) is 5.13. The standard InChI is InChI=1S/C28H33NO6/c1-5-33-25(30)16-14-19(15-17-26(31)35-28(2,3)4)29-27(32)34-18-24-22-12-8-6-10-20(22)21-11-7-9-13-23(21)24/h6-14,16,19,24H,5,15,17-18H2,1-4H3,(H,29,32)/b16-14+/t19-/m1/s1. The zero-order valence-corrected chi connectivity index (χ0v) is 20.7. The number of ether oxygens (including phenoxy) is 3. The van der Waals surface area contributed by atoms with Crippen molar-refractivity contribution in [2.24, 2.45) is 0 Å². The Morgan fingerprint density at radius 2 is 1.57 bits per heavy atom. The summed E-state index contributed by atoms with van der Waals surface area (Å²) in [6, 6.07) is 15.6. The molecule has 1 aliphatic carbocycles. The highest BCUT2D eigenvalue weighted by atomic mass is 16.6. The SMILES string of the molecule is CCOC(=O)/C=C/[C@H](CCC(=O)OC(C)(C)C)NC(=O)OCC1c2ccccc2-c2ccccc21. The summed E-state index contributed by atoms with van der Waals surface area (Å²) in [5.74, 6) is -0.978. The molecule has 35 heavy (non-hydrogen) atoms. The Morgan fingerprint density at radius 1 is 0.971 bits per heavy atom. The molecule has 7 nitrogen and oxygen atoms in total. The first-order valence-corrected chi connectivity index (χ1v) is 11.9. The Balaban J connectivity index is 1.63. The minimum absolute atomic E-state index is 0.0663. The Labute approximate surface area is 206 Å². The van der Waals surface area contributed by atoms with Crippen molar-refractivity contribution in [3.05, 3.63) is 71.8 Å². The molecule has 2 aromatic carbocycles. The zero-order chi connectivity index (χ0) is 25.4. The van der Waals surface area contributed by atoms with Crippen molar-refractivity contribution in [3.63, 3.8) is 0 Å². The van der Waals surface area contributed by atoms with Gasteiger partial charge in [-0.2, -0.15) is 0 Å². The number of amides is 1. The lowest BCUT2D eigenvalue weighted by molar-refractivity contribution is -0.155. The highest BCUT2D eigenvalue weighted by molar-refractivity contribution is 5.82. The van der Waals surface area contributed by atoms with Gasteiger partial charge in [0.25, 0.3) is 0 Å². The summed E-state index contributed by atoms with van der Waals surface area (Å²) < 4.78 is 15.8. The number of hydrogen-bond acceptors (Lipinski definition) is 6. The highest BCUT2D eigenvalue weighted by Gasteiger charge is 2.29. The normalized spacial score (nSPS) is 13.6. The second kappa shape index (κ2) is 11.7. The average molecular weight is 480 g/mol. The molecule has 0 heterocycles. The van der Waals surface area contributed by atoms with Gasteiger partial charge in [-0.25, -0.2) is 9.59 Å². The molecule has 7 heteroatoms. The molecule has 0 spiro atoms. The lowest BCUT2D eigenvalue weighted by Crippen LogP contribution is -2.35. The zero-order valence-electron chi connectivity index (χ0n) is 20.7. The van der Waals surface area contributed by atoms with Crippen LogP contribution < -0.4 is 5.32 Å². The first kappa shape index (κ1) is 26.0. The van der Waals surface area contributed by atoms with Crippen LogP contribution in [0.3, 0.4) is 0 Å². The van der Waals surface area contributed by atoms with Gasteiger partial charge in [0.1, 0.15) is 12.2 Å². The maximum Gasteiger partial charge on any atom is 0.407 e. The van der Waals surface area contributed by atoms with Crippen LogP contribution in [0.5, 0.6) is 0 Å². The summed E-state index contributed by atoms with van der Waals surface area (Å²) in [7, 11) is 0. The number of carbonyl (C=O) groups is 3. The molecule has 3 rings (SSSR count). The molecule has 1 N–H and O–H groups in total. The topological polar surface area (TPSA) is 90.9 Å². The van der Waals surface area contributed by atoms with E-state index in [-0.39, 0.29) is 37.9 Å². The third-order valence-electron chi connectivity index (χ3n) is 5.48. The Morgan fingerprint density at radius 3 is 2.14 bits per heavy atom. The molecule has 1 amide bonds. The molecule has 0 radical (unpaired) electrons. The fraction of sp³-hybridized carbons (Fsp3) is 0.393. The molecule has 0 saturated carbocycles. The van der Waals surface area contributed by atoms with Gasteiger partial charge in [0.15, 0.2) is 0 Å². The van der Waals surface area contributed by atoms with Crippen molar-refractivity contribution in [1.29, 1.82) is 0 Å². The fourth-order valence-corrected chi connectivity index (χ4v) is 4.06. The molecule has 0 aromatic heterocycles. The second-order valence-corrected chi connectivity index (χ2v) is 9.31. The van der Waals surface area contributed by atoms with Gasteiger partial charge in [0.05, 0.1) is 12.6 Å². The molecule has 0 aliphatic heterocycles. The number of fused-ring (bicyclic) bond motifs is 3. The lowest BCUT2D eigenvalue weighted by atomic mass is 9.98. The van der Waals surface area contributed by atoms with Gasteiger partial charge in [0, 0.05) is 18.4 Å². The first-order valence-electron chi connectivity index (χ1n) is 11.9. The van der Waals surface area contributed by atoms with Gasteiger partial charge in [-0.3, -0.25) is 4.79 Å². The van der Waals surface area contributed by atoms with Gasteiger partial charge >= 0.3 is 18.0 Å². The quantitative estimate of drug-likeness (QED) is 0.304. The number of benzene rings is 2. The monoisotopic (exact) mass is 479 g/mol. The van der Waals surface area contributed by atoms with Gasteiger partial charge in [-0.15, -0.1) is 0 Å². The van der Waals surface area contributed by atoms with Crippen molar-refractivity contribution in [2.45, 2.75) is 58.1 Å². The van der Waals surface area contributed by atoms with Crippen molar-refractivity contribution in [1.82, 2.24) is 5.32 Å². The number of rotatable bonds is 9. The van der Waals surface area contributed by atoms with Crippen LogP contribution in [0.25, 0.3) is 11.1 Å². The van der Waals surface area contributed by atoms with Crippen LogP contribution in [0.15, 0.2) is 60.7 Å². The van der Waals surface area contributed by atoms with E-state index in [2.05, 4.69) is 17.4 Å². The molecule has 0 unspecified atom stereocenters. The van der Waals surface area contributed by atoms with Crippen LogP contribution >= 0.6 is 0 Å². The largest absolute Gasteiger partial charge is 0.463 e. The van der Waals surface area contributed by atoms with Crippen LogP contribution in [-0.2, 0) is 23.8 Å². The smallest absolute Gasteiger partial charge is 0.407 e. The van der Waals surface area contributed by atoms with E-state index in [1.807, 2.05) is 36.4 Å². The summed E-state index contributed by atoms with van der Waals surface area (Å²) >= 11 is 0. The van der Waals surface area contributed by atoms with Crippen LogP contribution in [-0.4, -0.2) is 42.9 Å². The van der Waals surface area contributed by atoms with Crippen molar-refractivity contribution in [3.8, 4) is 11.1 Å². The third-order valence-corrected chi connectivity index (χ3v) is 5.48. The first-order chi connectivity index (χ1) is 16.7. The van der Waals surface area contributed by atoms with E-state index in [1.165, 1.54) is 12.2 Å². The number of esters is 2. The Bertz CT molecular complexity index is 1040. The Kier molecular flexibility index (Phi) is 8.68. The van der Waals surface area contributed by atoms with E-state index >= 15 is 0 Å². The van der Waals surface area contributed by atoms with Crippen molar-refractivity contribution < 1.29 is 28.6 Å². The third kappa shape index (κ3) is 7.44. The maximum atomic E-state index is 12.7. The van der Waals surface area contributed by atoms with E-state index in [9.17, 15) is 14.4 Å². The number of nitrogens with one attached hydrogen (secondary N) is 1. The summed E-state index contributed by atoms with van der Waals surface area (Å²) in [4.78, 5) is 36.6. The molecule has 186 valence electrons. The van der Waals surface area contributed by atoms with E-state index < -0.39 is 23.7 Å². The van der Waals surface area contributed by atoms with Crippen LogP contribution in [0.4, 0.5) is 4.79 Å². The molecule has 0 bridgehead atoms. The summed E-state index contributed by atoms with van der Waals surface area (Å²) in [5, 5.41) is 2.74. The van der Waals surface area contributed by atoms with Crippen molar-refractivity contribution >= 4 is 18.0 Å². The minimum Gasteiger partial charge on any atom is -0.463 e. The minimum atomic E-state index is -0.630. The summed E-state index contributed by atoms with van der Waals surface area (Å²) in [5.41, 5.74) is 3.91. The highest BCUT2D eigenvalue weighted by Crippen LogP contribution is 2.44. The average Bonchev–Trinajstić information content (AvgIpc) is 3.12. The molecular weight excluding hydrogens is 446 g/mol. The van der Waals surface area contributed by atoms with Gasteiger partial charge in [-0.05, 0) is 56.4 Å². The Hall–Kier alpha value is -3.61.